The summed E-state index contributed by atoms with van der Waals surface area (Å²) in [6.07, 6.45) is 2.43. The van der Waals surface area contributed by atoms with Crippen molar-refractivity contribution >= 4 is 12.1 Å². The molecule has 120 valence electrons. The zero-order valence-electron chi connectivity index (χ0n) is 13.6. The summed E-state index contributed by atoms with van der Waals surface area (Å²) in [6.45, 7) is 9.56. The smallest absolute Gasteiger partial charge is 0.411 e. The van der Waals surface area contributed by atoms with Crippen molar-refractivity contribution < 1.29 is 19.1 Å². The van der Waals surface area contributed by atoms with Crippen LogP contribution in [0.3, 0.4) is 0 Å². The van der Waals surface area contributed by atoms with Crippen LogP contribution < -0.4 is 5.32 Å². The van der Waals surface area contributed by atoms with E-state index in [1.54, 1.807) is 33.9 Å². The fraction of sp³-hybridized carbons (Fsp3) is 0.733. The van der Waals surface area contributed by atoms with E-state index in [0.717, 1.165) is 0 Å². The van der Waals surface area contributed by atoms with Crippen LogP contribution >= 0.6 is 0 Å². The minimum Gasteiger partial charge on any atom is -0.467 e. The number of ether oxygens (including phenoxy) is 2. The van der Waals surface area contributed by atoms with Gasteiger partial charge in [0.2, 0.25) is 0 Å². The zero-order valence-corrected chi connectivity index (χ0v) is 13.6. The number of nitrogens with one attached hydrogen (secondary N) is 1. The van der Waals surface area contributed by atoms with Gasteiger partial charge in [-0.25, -0.2) is 9.59 Å². The molecule has 0 spiro atoms. The van der Waals surface area contributed by atoms with E-state index in [1.165, 1.54) is 12.0 Å². The Morgan fingerprint density at radius 3 is 2.52 bits per heavy atom. The van der Waals surface area contributed by atoms with Crippen molar-refractivity contribution in [2.24, 2.45) is 0 Å². The molecule has 1 aliphatic heterocycles. The van der Waals surface area contributed by atoms with Crippen LogP contribution in [0.25, 0.3) is 0 Å². The van der Waals surface area contributed by atoms with Crippen molar-refractivity contribution in [1.82, 2.24) is 10.2 Å². The molecule has 0 radical (unpaired) electrons. The highest BCUT2D eigenvalue weighted by atomic mass is 16.6. The van der Waals surface area contributed by atoms with Crippen molar-refractivity contribution in [2.75, 3.05) is 20.7 Å². The van der Waals surface area contributed by atoms with Gasteiger partial charge in [-0.3, -0.25) is 4.90 Å². The van der Waals surface area contributed by atoms with Crippen molar-refractivity contribution in [3.8, 4) is 0 Å². The monoisotopic (exact) mass is 298 g/mol. The number of carbonyl (C=O) groups excluding carboxylic acids is 2. The lowest BCUT2D eigenvalue weighted by Gasteiger charge is -2.35. The van der Waals surface area contributed by atoms with Crippen LogP contribution in [-0.4, -0.2) is 54.8 Å². The number of amides is 1. The first kappa shape index (κ1) is 17.5. The van der Waals surface area contributed by atoms with E-state index in [-0.39, 0.29) is 0 Å². The maximum atomic E-state index is 12.3. The van der Waals surface area contributed by atoms with Gasteiger partial charge in [-0.15, -0.1) is 6.58 Å². The molecule has 2 atom stereocenters. The first-order valence-electron chi connectivity index (χ1n) is 7.08. The average molecular weight is 298 g/mol. The lowest BCUT2D eigenvalue weighted by Crippen LogP contribution is -2.58. The van der Waals surface area contributed by atoms with Gasteiger partial charge in [0, 0.05) is 6.54 Å². The number of methoxy groups -OCH3 is 1. The second kappa shape index (κ2) is 6.47. The molecule has 1 aliphatic rings. The molecule has 0 aromatic carbocycles. The maximum Gasteiger partial charge on any atom is 0.411 e. The predicted octanol–water partition coefficient (Wildman–Crippen LogP) is 1.70. The van der Waals surface area contributed by atoms with Gasteiger partial charge in [0.05, 0.1) is 12.6 Å². The van der Waals surface area contributed by atoms with Gasteiger partial charge in [-0.05, 0) is 40.7 Å². The highest BCUT2D eigenvalue weighted by Crippen LogP contribution is 2.33. The number of likely N-dealkylation sites (tertiary alicyclic amines) is 1. The van der Waals surface area contributed by atoms with Crippen molar-refractivity contribution in [2.45, 2.75) is 50.8 Å². The first-order valence-corrected chi connectivity index (χ1v) is 7.08. The van der Waals surface area contributed by atoms with Crippen LogP contribution in [0, 0.1) is 0 Å². The molecule has 6 nitrogen and oxygen atoms in total. The van der Waals surface area contributed by atoms with E-state index in [4.69, 9.17) is 9.47 Å². The van der Waals surface area contributed by atoms with Crippen LogP contribution in [0.15, 0.2) is 12.7 Å². The van der Waals surface area contributed by atoms with Gasteiger partial charge in [-0.2, -0.15) is 0 Å². The van der Waals surface area contributed by atoms with Crippen LogP contribution in [0.5, 0.6) is 0 Å². The summed E-state index contributed by atoms with van der Waals surface area (Å²) in [5, 5.41) is 3.17. The number of hydrogen-bond donors (Lipinski definition) is 1. The predicted molar refractivity (Wildman–Crippen MR) is 80.0 cm³/mol. The quantitative estimate of drug-likeness (QED) is 0.632. The Labute approximate surface area is 126 Å². The molecular weight excluding hydrogens is 272 g/mol. The number of esters is 1. The van der Waals surface area contributed by atoms with E-state index >= 15 is 0 Å². The molecule has 1 saturated heterocycles. The zero-order chi connectivity index (χ0) is 16.3. The van der Waals surface area contributed by atoms with E-state index < -0.39 is 29.2 Å². The summed E-state index contributed by atoms with van der Waals surface area (Å²) in [4.78, 5) is 26.0. The molecule has 0 aromatic heterocycles. The Morgan fingerprint density at radius 1 is 1.48 bits per heavy atom. The lowest BCUT2D eigenvalue weighted by atomic mass is 9.86. The van der Waals surface area contributed by atoms with Crippen molar-refractivity contribution in [3.63, 3.8) is 0 Å². The van der Waals surface area contributed by atoms with E-state index in [1.807, 2.05) is 0 Å². The molecule has 1 heterocycles. The molecule has 0 aliphatic carbocycles. The summed E-state index contributed by atoms with van der Waals surface area (Å²) in [7, 11) is 3.10. The minimum atomic E-state index is -0.722. The molecule has 0 bridgehead atoms. The van der Waals surface area contributed by atoms with Gasteiger partial charge in [-0.1, -0.05) is 6.08 Å². The van der Waals surface area contributed by atoms with Gasteiger partial charge in [0.25, 0.3) is 0 Å². The fourth-order valence-corrected chi connectivity index (χ4v) is 2.70. The Morgan fingerprint density at radius 2 is 2.10 bits per heavy atom. The number of nitrogens with zero attached hydrogens (tertiary/aromatic N) is 1. The van der Waals surface area contributed by atoms with Gasteiger partial charge in [0.15, 0.2) is 6.04 Å². The van der Waals surface area contributed by atoms with Crippen LogP contribution in [-0.2, 0) is 14.3 Å². The lowest BCUT2D eigenvalue weighted by molar-refractivity contribution is -0.147. The molecule has 0 saturated carbocycles. The van der Waals surface area contributed by atoms with Gasteiger partial charge in [0.1, 0.15) is 5.60 Å². The largest absolute Gasteiger partial charge is 0.467 e. The normalized spacial score (nSPS) is 25.6. The third kappa shape index (κ3) is 3.75. The molecule has 1 amide bonds. The Kier molecular flexibility index (Phi) is 5.39. The SMILES string of the molecule is C=CCC1(NC)CCN(C(=O)OC(C)(C)C)[C@@H]1C(=O)OC. The fourth-order valence-electron chi connectivity index (χ4n) is 2.70. The second-order valence-electron chi connectivity index (χ2n) is 6.25. The first-order chi connectivity index (χ1) is 9.70. The third-order valence-corrected chi connectivity index (χ3v) is 3.69. The summed E-state index contributed by atoms with van der Waals surface area (Å²) in [5.74, 6) is -0.449. The van der Waals surface area contributed by atoms with Gasteiger partial charge < -0.3 is 14.8 Å². The number of hydrogen-bond acceptors (Lipinski definition) is 5. The molecule has 1 fully saturated rings. The maximum absolute atomic E-state index is 12.3. The van der Waals surface area contributed by atoms with E-state index in [0.29, 0.717) is 19.4 Å². The molecule has 21 heavy (non-hydrogen) atoms. The molecule has 0 aromatic rings. The molecule has 6 heteroatoms. The van der Waals surface area contributed by atoms with Gasteiger partial charge >= 0.3 is 12.1 Å². The highest BCUT2D eigenvalue weighted by molar-refractivity contribution is 5.84. The van der Waals surface area contributed by atoms with Crippen LogP contribution in [0.1, 0.15) is 33.6 Å². The van der Waals surface area contributed by atoms with Crippen molar-refractivity contribution in [1.29, 1.82) is 0 Å². The molecule has 1 unspecified atom stereocenters. The van der Waals surface area contributed by atoms with E-state index in [2.05, 4.69) is 11.9 Å². The summed E-state index contributed by atoms with van der Waals surface area (Å²) in [5.41, 5.74) is -1.17. The van der Waals surface area contributed by atoms with Crippen molar-refractivity contribution in [3.05, 3.63) is 12.7 Å². The number of rotatable bonds is 4. The van der Waals surface area contributed by atoms with E-state index in [9.17, 15) is 9.59 Å². The van der Waals surface area contributed by atoms with Crippen LogP contribution in [0.4, 0.5) is 4.79 Å². The summed E-state index contributed by atoms with van der Waals surface area (Å²) in [6, 6.07) is -0.722. The number of likely N-dealkylation sites (N-methyl/N-ethyl adjacent to an activating group) is 1. The topological polar surface area (TPSA) is 67.9 Å². The average Bonchev–Trinajstić information content (AvgIpc) is 2.76. The molecule has 1 N–H and O–H groups in total. The Bertz CT molecular complexity index is 416. The standard InChI is InChI=1S/C15H26N2O4/c1-7-8-15(16-5)9-10-17(11(15)12(18)20-6)13(19)21-14(2,3)4/h7,11,16H,1,8-10H2,2-6H3/t11-,15?/m1/s1. The highest BCUT2D eigenvalue weighted by Gasteiger charge is 2.53. The summed E-state index contributed by atoms with van der Waals surface area (Å²) >= 11 is 0. The van der Waals surface area contributed by atoms with Crippen LogP contribution in [0.2, 0.25) is 0 Å². The second-order valence-corrected chi connectivity index (χ2v) is 6.25. The Balaban J connectivity index is 3.07. The number of carbonyl (C=O) groups is 2. The Hall–Kier alpha value is -1.56. The molecular formula is C15H26N2O4. The molecule has 1 rings (SSSR count). The third-order valence-electron chi connectivity index (χ3n) is 3.69. The summed E-state index contributed by atoms with van der Waals surface area (Å²) < 4.78 is 10.3. The minimum absolute atomic E-state index is 0.434.